The summed E-state index contributed by atoms with van der Waals surface area (Å²) in [5, 5.41) is 0. The van der Waals surface area contributed by atoms with Crippen molar-refractivity contribution in [2.24, 2.45) is 0 Å². The molecule has 2 nitrogen and oxygen atoms in total. The number of alkyl halides is 1. The molecule has 3 heteroatoms. The van der Waals surface area contributed by atoms with Gasteiger partial charge in [-0.1, -0.05) is 64.5 Å². The molecule has 102 valence electrons. The Hall–Kier alpha value is -1.61. The number of nitrogens with zero attached hydrogens (tertiary/aromatic N) is 1. The van der Waals surface area contributed by atoms with Crippen molar-refractivity contribution >= 4 is 27.5 Å². The van der Waals surface area contributed by atoms with Gasteiger partial charge in [0.2, 0.25) is 5.91 Å². The summed E-state index contributed by atoms with van der Waals surface area (Å²) >= 11 is 3.44. The van der Waals surface area contributed by atoms with Crippen LogP contribution in [0.3, 0.4) is 0 Å². The van der Waals surface area contributed by atoms with Crippen molar-refractivity contribution in [3.8, 4) is 0 Å². The summed E-state index contributed by atoms with van der Waals surface area (Å²) in [6, 6.07) is 18.5. The van der Waals surface area contributed by atoms with E-state index in [0.717, 1.165) is 25.1 Å². The lowest BCUT2D eigenvalue weighted by Gasteiger charge is -2.20. The SMILES string of the molecule is O=C1C(Br)CCN1c1ccccc1Cc1ccccc1. The zero-order valence-corrected chi connectivity index (χ0v) is 12.7. The number of carbonyl (C=O) groups is 1. The van der Waals surface area contributed by atoms with Crippen molar-refractivity contribution in [3.05, 3.63) is 65.7 Å². The number of halogens is 1. The number of hydrogen-bond donors (Lipinski definition) is 0. The van der Waals surface area contributed by atoms with Crippen LogP contribution >= 0.6 is 15.9 Å². The first-order chi connectivity index (χ1) is 9.75. The van der Waals surface area contributed by atoms with Gasteiger partial charge in [0.25, 0.3) is 0 Å². The maximum atomic E-state index is 12.2. The van der Waals surface area contributed by atoms with Crippen LogP contribution in [0, 0.1) is 0 Å². The van der Waals surface area contributed by atoms with Crippen molar-refractivity contribution < 1.29 is 4.79 Å². The molecule has 3 rings (SSSR count). The summed E-state index contributed by atoms with van der Waals surface area (Å²) in [5.41, 5.74) is 3.51. The van der Waals surface area contributed by atoms with Crippen LogP contribution in [0.25, 0.3) is 0 Å². The van der Waals surface area contributed by atoms with Gasteiger partial charge in [0.15, 0.2) is 0 Å². The Balaban J connectivity index is 1.91. The minimum atomic E-state index is -0.0349. The molecule has 0 saturated carbocycles. The summed E-state index contributed by atoms with van der Waals surface area (Å²) < 4.78 is 0. The molecular weight excluding hydrogens is 314 g/mol. The van der Waals surface area contributed by atoms with E-state index in [9.17, 15) is 4.79 Å². The standard InChI is InChI=1S/C17H16BrNO/c18-15-10-11-19(17(15)20)16-9-5-4-8-14(16)12-13-6-2-1-3-7-13/h1-9,15H,10-12H2. The number of para-hydroxylation sites is 1. The van der Waals surface area contributed by atoms with Crippen LogP contribution in [0.1, 0.15) is 17.5 Å². The topological polar surface area (TPSA) is 20.3 Å². The molecule has 1 saturated heterocycles. The second-order valence-electron chi connectivity index (χ2n) is 5.04. The van der Waals surface area contributed by atoms with Crippen LogP contribution in [-0.4, -0.2) is 17.3 Å². The lowest BCUT2D eigenvalue weighted by Crippen LogP contribution is -2.28. The molecule has 20 heavy (non-hydrogen) atoms. The summed E-state index contributed by atoms with van der Waals surface area (Å²) in [7, 11) is 0. The predicted molar refractivity (Wildman–Crippen MR) is 85.4 cm³/mol. The average Bonchev–Trinajstić information content (AvgIpc) is 2.81. The fourth-order valence-electron chi connectivity index (χ4n) is 2.62. The van der Waals surface area contributed by atoms with Crippen LogP contribution in [-0.2, 0) is 11.2 Å². The Labute approximate surface area is 127 Å². The van der Waals surface area contributed by atoms with Gasteiger partial charge in [-0.05, 0) is 30.0 Å². The summed E-state index contributed by atoms with van der Waals surface area (Å²) in [4.78, 5) is 14.1. The molecule has 1 atom stereocenters. The third-order valence-electron chi connectivity index (χ3n) is 3.66. The van der Waals surface area contributed by atoms with Crippen molar-refractivity contribution in [1.82, 2.24) is 0 Å². The largest absolute Gasteiger partial charge is 0.311 e. The van der Waals surface area contributed by atoms with Gasteiger partial charge < -0.3 is 4.90 Å². The zero-order valence-electron chi connectivity index (χ0n) is 11.1. The Morgan fingerprint density at radius 2 is 1.75 bits per heavy atom. The lowest BCUT2D eigenvalue weighted by molar-refractivity contribution is -0.116. The predicted octanol–water partition coefficient (Wildman–Crippen LogP) is 3.78. The first kappa shape index (κ1) is 13.4. The van der Waals surface area contributed by atoms with E-state index >= 15 is 0 Å². The summed E-state index contributed by atoms with van der Waals surface area (Å²) in [5.74, 6) is 0.172. The summed E-state index contributed by atoms with van der Waals surface area (Å²) in [6.45, 7) is 0.792. The Morgan fingerprint density at radius 3 is 2.45 bits per heavy atom. The number of carbonyl (C=O) groups excluding carboxylic acids is 1. The monoisotopic (exact) mass is 329 g/mol. The normalized spacial score (nSPS) is 18.6. The van der Waals surface area contributed by atoms with E-state index in [4.69, 9.17) is 0 Å². The molecule has 0 bridgehead atoms. The van der Waals surface area contributed by atoms with Crippen LogP contribution in [0.4, 0.5) is 5.69 Å². The van der Waals surface area contributed by atoms with Gasteiger partial charge >= 0.3 is 0 Å². The molecule has 1 unspecified atom stereocenters. The van der Waals surface area contributed by atoms with Crippen molar-refractivity contribution in [3.63, 3.8) is 0 Å². The molecule has 1 amide bonds. The van der Waals surface area contributed by atoms with E-state index in [1.165, 1.54) is 11.1 Å². The van der Waals surface area contributed by atoms with Gasteiger partial charge in [-0.25, -0.2) is 0 Å². The number of hydrogen-bond acceptors (Lipinski definition) is 1. The maximum absolute atomic E-state index is 12.2. The molecule has 0 aromatic heterocycles. The van der Waals surface area contributed by atoms with Gasteiger partial charge in [0, 0.05) is 12.2 Å². The Kier molecular flexibility index (Phi) is 3.88. The Bertz CT molecular complexity index is 611. The van der Waals surface area contributed by atoms with Crippen molar-refractivity contribution in [2.75, 3.05) is 11.4 Å². The molecule has 0 spiro atoms. The third-order valence-corrected chi connectivity index (χ3v) is 4.51. The van der Waals surface area contributed by atoms with Gasteiger partial charge in [0.1, 0.15) is 0 Å². The van der Waals surface area contributed by atoms with Crippen molar-refractivity contribution in [1.29, 1.82) is 0 Å². The zero-order chi connectivity index (χ0) is 13.9. The number of amides is 1. The number of rotatable bonds is 3. The molecule has 1 aliphatic rings. The molecule has 1 fully saturated rings. The highest BCUT2D eigenvalue weighted by atomic mass is 79.9. The first-order valence-electron chi connectivity index (χ1n) is 6.83. The Morgan fingerprint density at radius 1 is 1.05 bits per heavy atom. The molecule has 0 aliphatic carbocycles. The van der Waals surface area contributed by atoms with Gasteiger partial charge in [-0.3, -0.25) is 4.79 Å². The maximum Gasteiger partial charge on any atom is 0.240 e. The van der Waals surface area contributed by atoms with Crippen molar-refractivity contribution in [2.45, 2.75) is 17.7 Å². The summed E-state index contributed by atoms with van der Waals surface area (Å²) in [6.07, 6.45) is 1.73. The second-order valence-corrected chi connectivity index (χ2v) is 6.14. The molecular formula is C17H16BrNO. The van der Waals surface area contributed by atoms with E-state index in [0.29, 0.717) is 0 Å². The van der Waals surface area contributed by atoms with Gasteiger partial charge in [-0.2, -0.15) is 0 Å². The molecule has 2 aromatic carbocycles. The quantitative estimate of drug-likeness (QED) is 0.785. The van der Waals surface area contributed by atoms with E-state index in [1.54, 1.807) is 0 Å². The molecule has 0 radical (unpaired) electrons. The fourth-order valence-corrected chi connectivity index (χ4v) is 3.08. The minimum Gasteiger partial charge on any atom is -0.311 e. The second kappa shape index (κ2) is 5.80. The molecule has 1 aliphatic heterocycles. The van der Waals surface area contributed by atoms with Crippen LogP contribution in [0.2, 0.25) is 0 Å². The van der Waals surface area contributed by atoms with Crippen LogP contribution < -0.4 is 4.90 Å². The highest BCUT2D eigenvalue weighted by Gasteiger charge is 2.31. The van der Waals surface area contributed by atoms with E-state index in [-0.39, 0.29) is 10.7 Å². The van der Waals surface area contributed by atoms with Gasteiger partial charge in [-0.15, -0.1) is 0 Å². The minimum absolute atomic E-state index is 0.0349. The van der Waals surface area contributed by atoms with Crippen LogP contribution in [0.5, 0.6) is 0 Å². The lowest BCUT2D eigenvalue weighted by atomic mass is 10.0. The van der Waals surface area contributed by atoms with E-state index in [1.807, 2.05) is 41.3 Å². The average molecular weight is 330 g/mol. The smallest absolute Gasteiger partial charge is 0.240 e. The number of benzene rings is 2. The fraction of sp³-hybridized carbons (Fsp3) is 0.235. The third kappa shape index (κ3) is 2.63. The van der Waals surface area contributed by atoms with E-state index < -0.39 is 0 Å². The van der Waals surface area contributed by atoms with E-state index in [2.05, 4.69) is 34.1 Å². The highest BCUT2D eigenvalue weighted by molar-refractivity contribution is 9.10. The van der Waals surface area contributed by atoms with Gasteiger partial charge in [0.05, 0.1) is 4.83 Å². The molecule has 0 N–H and O–H groups in total. The van der Waals surface area contributed by atoms with Crippen LogP contribution in [0.15, 0.2) is 54.6 Å². The first-order valence-corrected chi connectivity index (χ1v) is 7.74. The highest BCUT2D eigenvalue weighted by Crippen LogP contribution is 2.29. The molecule has 1 heterocycles. The molecule has 2 aromatic rings. The number of anilines is 1.